The molecule has 2 saturated carbocycles. The zero-order chi connectivity index (χ0) is 25.5. The number of aliphatic hydroxyl groups excluding tert-OH is 1. The number of fused-ring (bicyclic) bond motifs is 1. The number of carbonyl (C=O) groups is 1. The first kappa shape index (κ1) is 25.2. The van der Waals surface area contributed by atoms with E-state index in [0.717, 1.165) is 22.5 Å². The van der Waals surface area contributed by atoms with Gasteiger partial charge in [-0.05, 0) is 85.3 Å². The number of hydrogen-bond acceptors (Lipinski definition) is 5. The second kappa shape index (κ2) is 11.7. The number of hydrogen-bond donors (Lipinski definition) is 3. The molecule has 0 unspecified atom stereocenters. The van der Waals surface area contributed by atoms with E-state index in [-0.39, 0.29) is 12.5 Å². The van der Waals surface area contributed by atoms with Gasteiger partial charge in [0.2, 0.25) is 0 Å². The second-order valence-corrected chi connectivity index (χ2v) is 10.4. The molecule has 2 aliphatic rings. The van der Waals surface area contributed by atoms with Crippen molar-refractivity contribution in [3.63, 3.8) is 0 Å². The van der Waals surface area contributed by atoms with Gasteiger partial charge in [0.1, 0.15) is 12.1 Å². The SMILES string of the molecule is O=C(C#CCCCO)Nc1ccc2ncnc(Nc3ccc(C4(C5CCCCCCC5)CC4)cc3)c2c1. The van der Waals surface area contributed by atoms with E-state index in [9.17, 15) is 4.79 Å². The molecule has 0 spiro atoms. The number of rotatable bonds is 7. The number of amides is 1. The molecule has 0 aliphatic heterocycles. The fourth-order valence-electron chi connectivity index (χ4n) is 5.80. The molecule has 3 aromatic rings. The molecule has 192 valence electrons. The standard InChI is InChI=1S/C31H36N4O2/c36-20-8-4-7-11-29(37)34-26-16-17-28-27(21-26)30(33-22-32-28)35-25-14-12-24(13-15-25)31(18-19-31)23-9-5-2-1-3-6-10-23/h12-17,21-23,36H,1-6,8-10,18-20H2,(H,34,37)(H,32,33,35). The Morgan fingerprint density at radius 3 is 2.43 bits per heavy atom. The van der Waals surface area contributed by atoms with Gasteiger partial charge in [-0.2, -0.15) is 0 Å². The molecule has 2 aromatic carbocycles. The molecule has 6 nitrogen and oxygen atoms in total. The van der Waals surface area contributed by atoms with Crippen LogP contribution in [0.2, 0.25) is 0 Å². The van der Waals surface area contributed by atoms with Gasteiger partial charge in [-0.1, -0.05) is 50.2 Å². The van der Waals surface area contributed by atoms with Crippen LogP contribution in [-0.2, 0) is 10.2 Å². The van der Waals surface area contributed by atoms with Gasteiger partial charge in [0.05, 0.1) is 5.52 Å². The lowest BCUT2D eigenvalue weighted by Gasteiger charge is -2.29. The van der Waals surface area contributed by atoms with Crippen molar-refractivity contribution < 1.29 is 9.90 Å². The van der Waals surface area contributed by atoms with Crippen molar-refractivity contribution in [1.82, 2.24) is 9.97 Å². The minimum atomic E-state index is -0.377. The van der Waals surface area contributed by atoms with Gasteiger partial charge in [-0.25, -0.2) is 9.97 Å². The van der Waals surface area contributed by atoms with Crippen molar-refractivity contribution >= 4 is 34.0 Å². The molecule has 37 heavy (non-hydrogen) atoms. The van der Waals surface area contributed by atoms with Crippen LogP contribution in [-0.4, -0.2) is 27.6 Å². The lowest BCUT2D eigenvalue weighted by molar-refractivity contribution is -0.111. The molecular weight excluding hydrogens is 460 g/mol. The van der Waals surface area contributed by atoms with E-state index in [2.05, 4.69) is 56.7 Å². The van der Waals surface area contributed by atoms with Crippen LogP contribution < -0.4 is 10.6 Å². The van der Waals surface area contributed by atoms with Gasteiger partial charge >= 0.3 is 0 Å². The third-order valence-corrected chi connectivity index (χ3v) is 7.95. The predicted molar refractivity (Wildman–Crippen MR) is 149 cm³/mol. The van der Waals surface area contributed by atoms with Crippen LogP contribution in [0.5, 0.6) is 0 Å². The quantitative estimate of drug-likeness (QED) is 0.257. The molecule has 0 radical (unpaired) electrons. The summed E-state index contributed by atoms with van der Waals surface area (Å²) in [5, 5.41) is 15.9. The monoisotopic (exact) mass is 496 g/mol. The second-order valence-electron chi connectivity index (χ2n) is 10.4. The summed E-state index contributed by atoms with van der Waals surface area (Å²) in [5.41, 5.74) is 4.30. The van der Waals surface area contributed by atoms with Crippen LogP contribution in [0, 0.1) is 17.8 Å². The van der Waals surface area contributed by atoms with Crippen LogP contribution in [0.3, 0.4) is 0 Å². The van der Waals surface area contributed by atoms with Crippen molar-refractivity contribution in [2.24, 2.45) is 5.92 Å². The number of aliphatic hydroxyl groups is 1. The van der Waals surface area contributed by atoms with Crippen LogP contribution in [0.25, 0.3) is 10.9 Å². The fraction of sp³-hybridized carbons (Fsp3) is 0.452. The van der Waals surface area contributed by atoms with E-state index in [0.29, 0.717) is 29.8 Å². The van der Waals surface area contributed by atoms with E-state index in [1.54, 1.807) is 6.33 Å². The highest BCUT2D eigenvalue weighted by molar-refractivity contribution is 6.05. The summed E-state index contributed by atoms with van der Waals surface area (Å²) in [4.78, 5) is 21.0. The van der Waals surface area contributed by atoms with Gasteiger partial charge in [-0.15, -0.1) is 0 Å². The number of unbranched alkanes of at least 4 members (excludes halogenated alkanes) is 1. The maximum absolute atomic E-state index is 12.2. The summed E-state index contributed by atoms with van der Waals surface area (Å²) in [7, 11) is 0. The Hall–Kier alpha value is -3.43. The first-order chi connectivity index (χ1) is 18.2. The van der Waals surface area contributed by atoms with E-state index in [1.165, 1.54) is 63.4 Å². The van der Waals surface area contributed by atoms with Crippen molar-refractivity contribution in [3.05, 3.63) is 54.4 Å². The molecule has 0 saturated heterocycles. The molecule has 5 rings (SSSR count). The topological polar surface area (TPSA) is 87.1 Å². The van der Waals surface area contributed by atoms with Gasteiger partial charge in [0.15, 0.2) is 0 Å². The van der Waals surface area contributed by atoms with Crippen molar-refractivity contribution in [3.8, 4) is 11.8 Å². The van der Waals surface area contributed by atoms with E-state index in [1.807, 2.05) is 18.2 Å². The third kappa shape index (κ3) is 6.11. The number of aromatic nitrogens is 2. The average Bonchev–Trinajstić information content (AvgIpc) is 3.69. The summed E-state index contributed by atoms with van der Waals surface area (Å²) < 4.78 is 0. The first-order valence-electron chi connectivity index (χ1n) is 13.7. The molecule has 0 bridgehead atoms. The third-order valence-electron chi connectivity index (χ3n) is 7.95. The van der Waals surface area contributed by atoms with Gasteiger partial charge in [-0.3, -0.25) is 4.79 Å². The molecule has 1 heterocycles. The Morgan fingerprint density at radius 1 is 0.973 bits per heavy atom. The Kier molecular flexibility index (Phi) is 8.01. The van der Waals surface area contributed by atoms with Gasteiger partial charge in [0.25, 0.3) is 5.91 Å². The van der Waals surface area contributed by atoms with Crippen molar-refractivity contribution in [2.45, 2.75) is 76.0 Å². The van der Waals surface area contributed by atoms with E-state index < -0.39 is 0 Å². The van der Waals surface area contributed by atoms with E-state index in [4.69, 9.17) is 5.11 Å². The van der Waals surface area contributed by atoms with E-state index >= 15 is 0 Å². The Bertz CT molecular complexity index is 1280. The normalized spacial score (nSPS) is 17.2. The molecule has 6 heteroatoms. The maximum atomic E-state index is 12.2. The molecule has 3 N–H and O–H groups in total. The minimum absolute atomic E-state index is 0.0703. The summed E-state index contributed by atoms with van der Waals surface area (Å²) in [6, 6.07) is 14.5. The van der Waals surface area contributed by atoms with Gasteiger partial charge in [0, 0.05) is 29.8 Å². The molecule has 2 aliphatic carbocycles. The number of anilines is 3. The highest BCUT2D eigenvalue weighted by Crippen LogP contribution is 2.57. The van der Waals surface area contributed by atoms with Gasteiger partial charge < -0.3 is 15.7 Å². The number of benzene rings is 2. The summed E-state index contributed by atoms with van der Waals surface area (Å²) in [5.74, 6) is 6.48. The minimum Gasteiger partial charge on any atom is -0.396 e. The average molecular weight is 497 g/mol. The lowest BCUT2D eigenvalue weighted by atomic mass is 9.75. The highest BCUT2D eigenvalue weighted by Gasteiger charge is 2.49. The largest absolute Gasteiger partial charge is 0.396 e. The molecule has 1 aromatic heterocycles. The summed E-state index contributed by atoms with van der Waals surface area (Å²) in [6.07, 6.45) is 15.0. The van der Waals surface area contributed by atoms with Crippen LogP contribution in [0.4, 0.5) is 17.2 Å². The highest BCUT2D eigenvalue weighted by atomic mass is 16.2. The number of nitrogens with one attached hydrogen (secondary N) is 2. The Morgan fingerprint density at radius 2 is 1.70 bits per heavy atom. The van der Waals surface area contributed by atoms with Crippen LogP contribution in [0.15, 0.2) is 48.8 Å². The first-order valence-corrected chi connectivity index (χ1v) is 13.7. The predicted octanol–water partition coefficient (Wildman–Crippen LogP) is 6.48. The molecule has 2 fully saturated rings. The molecule has 0 atom stereocenters. The summed E-state index contributed by atoms with van der Waals surface area (Å²) >= 11 is 0. The Balaban J connectivity index is 1.30. The summed E-state index contributed by atoms with van der Waals surface area (Å²) in [6.45, 7) is 0.0703. The molecule has 1 amide bonds. The van der Waals surface area contributed by atoms with Crippen LogP contribution >= 0.6 is 0 Å². The smallest absolute Gasteiger partial charge is 0.300 e. The lowest BCUT2D eigenvalue weighted by Crippen LogP contribution is -2.21. The zero-order valence-electron chi connectivity index (χ0n) is 21.4. The van der Waals surface area contributed by atoms with Crippen molar-refractivity contribution in [1.29, 1.82) is 0 Å². The fourth-order valence-corrected chi connectivity index (χ4v) is 5.80. The molecular formula is C31H36N4O2. The maximum Gasteiger partial charge on any atom is 0.300 e. The number of carbonyl (C=O) groups excluding carboxylic acids is 1. The van der Waals surface area contributed by atoms with Crippen molar-refractivity contribution in [2.75, 3.05) is 17.2 Å². The zero-order valence-corrected chi connectivity index (χ0v) is 21.4. The van der Waals surface area contributed by atoms with Crippen LogP contribution in [0.1, 0.15) is 76.2 Å². The Labute approximate surface area is 219 Å². The number of nitrogens with zero attached hydrogens (tertiary/aromatic N) is 2.